The highest BCUT2D eigenvalue weighted by molar-refractivity contribution is 7.98. The second-order valence-corrected chi connectivity index (χ2v) is 5.77. The largest absolute Gasteiger partial charge is 0.352 e. The first kappa shape index (κ1) is 15.9. The summed E-state index contributed by atoms with van der Waals surface area (Å²) in [6.45, 7) is 0.433. The van der Waals surface area contributed by atoms with Gasteiger partial charge in [0.2, 0.25) is 0 Å². The number of nitrogens with one attached hydrogen (secondary N) is 1. The first-order chi connectivity index (χ1) is 10.1. The van der Waals surface area contributed by atoms with Gasteiger partial charge in [-0.3, -0.25) is 4.79 Å². The van der Waals surface area contributed by atoms with Crippen molar-refractivity contribution < 1.29 is 9.18 Å². The third-order valence-electron chi connectivity index (χ3n) is 3.01. The maximum atomic E-state index is 13.0. The Bertz CT molecular complexity index is 648. The van der Waals surface area contributed by atoms with Gasteiger partial charge in [-0.15, -0.1) is 11.8 Å². The van der Waals surface area contributed by atoms with Crippen LogP contribution in [0.2, 0.25) is 5.02 Å². The van der Waals surface area contributed by atoms with E-state index in [2.05, 4.69) is 5.32 Å². The topological polar surface area (TPSA) is 29.1 Å². The molecule has 2 nitrogen and oxygen atoms in total. The molecule has 0 atom stereocenters. The lowest BCUT2D eigenvalue weighted by atomic mass is 10.1. The SMILES string of the molecule is CSc1ccc(Cl)c(C(=O)NCCc2cccc(F)c2)c1. The fraction of sp³-hybridized carbons (Fsp3) is 0.188. The van der Waals surface area contributed by atoms with Crippen LogP contribution in [0.15, 0.2) is 47.4 Å². The quantitative estimate of drug-likeness (QED) is 0.837. The van der Waals surface area contributed by atoms with Crippen LogP contribution in [0, 0.1) is 5.82 Å². The van der Waals surface area contributed by atoms with E-state index in [0.29, 0.717) is 23.6 Å². The van der Waals surface area contributed by atoms with Crippen molar-refractivity contribution in [3.63, 3.8) is 0 Å². The molecule has 0 aliphatic heterocycles. The van der Waals surface area contributed by atoms with Crippen molar-refractivity contribution in [2.45, 2.75) is 11.3 Å². The van der Waals surface area contributed by atoms with Crippen molar-refractivity contribution in [1.82, 2.24) is 5.32 Å². The van der Waals surface area contributed by atoms with Gasteiger partial charge in [0.1, 0.15) is 5.82 Å². The second kappa shape index (κ2) is 7.48. The van der Waals surface area contributed by atoms with Gasteiger partial charge in [0.25, 0.3) is 5.91 Å². The first-order valence-corrected chi connectivity index (χ1v) is 8.06. The third-order valence-corrected chi connectivity index (χ3v) is 4.06. The number of hydrogen-bond acceptors (Lipinski definition) is 2. The molecule has 2 aromatic carbocycles. The smallest absolute Gasteiger partial charge is 0.252 e. The molecular weight excluding hydrogens is 309 g/mol. The van der Waals surface area contributed by atoms with E-state index in [1.54, 1.807) is 30.0 Å². The van der Waals surface area contributed by atoms with E-state index < -0.39 is 0 Å². The molecule has 110 valence electrons. The number of benzene rings is 2. The minimum absolute atomic E-state index is 0.215. The van der Waals surface area contributed by atoms with Crippen LogP contribution in [-0.2, 0) is 6.42 Å². The maximum absolute atomic E-state index is 13.0. The Kier molecular flexibility index (Phi) is 5.65. The van der Waals surface area contributed by atoms with E-state index in [-0.39, 0.29) is 11.7 Å². The van der Waals surface area contributed by atoms with Crippen molar-refractivity contribution in [3.05, 3.63) is 64.4 Å². The molecule has 0 radical (unpaired) electrons. The molecule has 5 heteroatoms. The van der Waals surface area contributed by atoms with E-state index in [1.807, 2.05) is 18.4 Å². The van der Waals surface area contributed by atoms with Crippen LogP contribution >= 0.6 is 23.4 Å². The van der Waals surface area contributed by atoms with Gasteiger partial charge < -0.3 is 5.32 Å². The van der Waals surface area contributed by atoms with Crippen molar-refractivity contribution in [2.75, 3.05) is 12.8 Å². The van der Waals surface area contributed by atoms with E-state index in [4.69, 9.17) is 11.6 Å². The predicted octanol–water partition coefficient (Wildman–Crippen LogP) is 4.17. The Morgan fingerprint density at radius 3 is 2.81 bits per heavy atom. The Balaban J connectivity index is 1.96. The van der Waals surface area contributed by atoms with Crippen LogP contribution < -0.4 is 5.32 Å². The molecule has 0 fully saturated rings. The van der Waals surface area contributed by atoms with Crippen LogP contribution in [-0.4, -0.2) is 18.7 Å². The highest BCUT2D eigenvalue weighted by Gasteiger charge is 2.10. The summed E-state index contributed by atoms with van der Waals surface area (Å²) in [5, 5.41) is 3.23. The summed E-state index contributed by atoms with van der Waals surface area (Å²) in [7, 11) is 0. The maximum Gasteiger partial charge on any atom is 0.252 e. The van der Waals surface area contributed by atoms with Gasteiger partial charge >= 0.3 is 0 Å². The number of hydrogen-bond donors (Lipinski definition) is 1. The molecule has 0 unspecified atom stereocenters. The fourth-order valence-corrected chi connectivity index (χ4v) is 2.56. The van der Waals surface area contributed by atoms with Crippen LogP contribution in [0.5, 0.6) is 0 Å². The zero-order valence-corrected chi connectivity index (χ0v) is 13.1. The van der Waals surface area contributed by atoms with Gasteiger partial charge in [0.15, 0.2) is 0 Å². The van der Waals surface area contributed by atoms with Gasteiger partial charge in [-0.2, -0.15) is 0 Å². The molecule has 0 aliphatic carbocycles. The molecule has 2 aromatic rings. The number of amides is 1. The molecule has 0 aromatic heterocycles. The van der Waals surface area contributed by atoms with Crippen molar-refractivity contribution in [3.8, 4) is 0 Å². The molecule has 0 saturated carbocycles. The van der Waals surface area contributed by atoms with E-state index >= 15 is 0 Å². The number of carbonyl (C=O) groups excluding carboxylic acids is 1. The van der Waals surface area contributed by atoms with E-state index in [9.17, 15) is 9.18 Å². The lowest BCUT2D eigenvalue weighted by Crippen LogP contribution is -2.26. The highest BCUT2D eigenvalue weighted by Crippen LogP contribution is 2.22. The number of rotatable bonds is 5. The summed E-state index contributed by atoms with van der Waals surface area (Å²) in [5.74, 6) is -0.484. The Hall–Kier alpha value is -1.52. The predicted molar refractivity (Wildman–Crippen MR) is 85.7 cm³/mol. The molecule has 0 aliphatic rings. The summed E-state index contributed by atoms with van der Waals surface area (Å²) >= 11 is 7.60. The van der Waals surface area contributed by atoms with Gasteiger partial charge in [-0.25, -0.2) is 4.39 Å². The number of halogens is 2. The van der Waals surface area contributed by atoms with E-state index in [0.717, 1.165) is 10.5 Å². The lowest BCUT2D eigenvalue weighted by Gasteiger charge is -2.08. The molecule has 0 saturated heterocycles. The minimum Gasteiger partial charge on any atom is -0.352 e. The van der Waals surface area contributed by atoms with Crippen LogP contribution in [0.25, 0.3) is 0 Å². The molecule has 1 N–H and O–H groups in total. The van der Waals surface area contributed by atoms with E-state index in [1.165, 1.54) is 12.1 Å². The summed E-state index contributed by atoms with van der Waals surface area (Å²) in [4.78, 5) is 13.1. The molecule has 1 amide bonds. The van der Waals surface area contributed by atoms with Crippen LogP contribution in [0.1, 0.15) is 15.9 Å². The van der Waals surface area contributed by atoms with Gasteiger partial charge in [0.05, 0.1) is 10.6 Å². The Morgan fingerprint density at radius 1 is 1.29 bits per heavy atom. The number of thioether (sulfide) groups is 1. The molecule has 0 heterocycles. The average Bonchev–Trinajstić information content (AvgIpc) is 2.47. The summed E-state index contributed by atoms with van der Waals surface area (Å²) in [6, 6.07) is 11.7. The van der Waals surface area contributed by atoms with Crippen molar-refractivity contribution in [1.29, 1.82) is 0 Å². The highest BCUT2D eigenvalue weighted by atomic mass is 35.5. The second-order valence-electron chi connectivity index (χ2n) is 4.48. The van der Waals surface area contributed by atoms with Gasteiger partial charge in [0, 0.05) is 11.4 Å². The Morgan fingerprint density at radius 2 is 2.10 bits per heavy atom. The molecule has 0 bridgehead atoms. The van der Waals surface area contributed by atoms with Crippen LogP contribution in [0.4, 0.5) is 4.39 Å². The molecule has 0 spiro atoms. The van der Waals surface area contributed by atoms with Gasteiger partial charge in [-0.05, 0) is 48.6 Å². The summed E-state index contributed by atoms with van der Waals surface area (Å²) < 4.78 is 13.0. The summed E-state index contributed by atoms with van der Waals surface area (Å²) in [6.07, 6.45) is 2.51. The standard InChI is InChI=1S/C16H15ClFNOS/c1-21-13-5-6-15(17)14(10-13)16(20)19-8-7-11-3-2-4-12(18)9-11/h2-6,9-10H,7-8H2,1H3,(H,19,20). The normalized spacial score (nSPS) is 10.4. The average molecular weight is 324 g/mol. The lowest BCUT2D eigenvalue weighted by molar-refractivity contribution is 0.0954. The van der Waals surface area contributed by atoms with Gasteiger partial charge in [-0.1, -0.05) is 23.7 Å². The minimum atomic E-state index is -0.269. The fourth-order valence-electron chi connectivity index (χ4n) is 1.91. The third kappa shape index (κ3) is 4.48. The Labute approximate surface area is 132 Å². The zero-order valence-electron chi connectivity index (χ0n) is 11.5. The van der Waals surface area contributed by atoms with Crippen molar-refractivity contribution >= 4 is 29.3 Å². The van der Waals surface area contributed by atoms with Crippen LogP contribution in [0.3, 0.4) is 0 Å². The van der Waals surface area contributed by atoms with Crippen molar-refractivity contribution in [2.24, 2.45) is 0 Å². The summed E-state index contributed by atoms with van der Waals surface area (Å²) in [5.41, 5.74) is 1.31. The molecular formula is C16H15ClFNOS. The molecule has 21 heavy (non-hydrogen) atoms. The molecule has 2 rings (SSSR count). The zero-order chi connectivity index (χ0) is 15.2. The number of carbonyl (C=O) groups is 1. The first-order valence-electron chi connectivity index (χ1n) is 6.46. The monoisotopic (exact) mass is 323 g/mol.